The summed E-state index contributed by atoms with van der Waals surface area (Å²) in [6.07, 6.45) is 1.86. The van der Waals surface area contributed by atoms with Crippen LogP contribution in [0.1, 0.15) is 54.5 Å². The Labute approximate surface area is 298 Å². The molecule has 0 spiro atoms. The van der Waals surface area contributed by atoms with Gasteiger partial charge in [0.05, 0.1) is 10.9 Å². The first-order valence-electron chi connectivity index (χ1n) is 17.5. The van der Waals surface area contributed by atoms with E-state index < -0.39 is 23.4 Å². The van der Waals surface area contributed by atoms with E-state index in [2.05, 4.69) is 4.98 Å². The van der Waals surface area contributed by atoms with Crippen LogP contribution in [0, 0.1) is 17.6 Å². The lowest BCUT2D eigenvalue weighted by Crippen LogP contribution is -2.44. The summed E-state index contributed by atoms with van der Waals surface area (Å²) in [5.41, 5.74) is 2.24. The Bertz CT molecular complexity index is 2050. The average molecular weight is 718 g/mol. The summed E-state index contributed by atoms with van der Waals surface area (Å²) >= 11 is 0. The van der Waals surface area contributed by atoms with Crippen LogP contribution in [0.25, 0.3) is 22.2 Å². The van der Waals surface area contributed by atoms with Crippen molar-refractivity contribution >= 4 is 16.9 Å². The summed E-state index contributed by atoms with van der Waals surface area (Å²) in [6.45, 7) is 0.856. The highest BCUT2D eigenvalue weighted by atomic mass is 19.4. The summed E-state index contributed by atoms with van der Waals surface area (Å²) in [6, 6.07) is 21.1. The number of carbonyl (C=O) groups excluding carboxylic acids is 1. The molecule has 0 saturated heterocycles. The molecule has 5 aromatic rings. The van der Waals surface area contributed by atoms with Crippen LogP contribution in [0.5, 0.6) is 0 Å². The fourth-order valence-corrected chi connectivity index (χ4v) is 7.16. The van der Waals surface area contributed by atoms with Crippen molar-refractivity contribution in [2.45, 2.75) is 70.3 Å². The van der Waals surface area contributed by atoms with Crippen molar-refractivity contribution in [2.24, 2.45) is 5.92 Å². The molecule has 3 aromatic carbocycles. The van der Waals surface area contributed by atoms with Crippen molar-refractivity contribution in [3.63, 3.8) is 0 Å². The molecule has 2 aromatic heterocycles. The van der Waals surface area contributed by atoms with Crippen LogP contribution in [-0.4, -0.2) is 40.1 Å². The maximum Gasteiger partial charge on any atom is 0.416 e. The van der Waals surface area contributed by atoms with Crippen molar-refractivity contribution in [3.8, 4) is 11.1 Å². The van der Waals surface area contributed by atoms with E-state index in [0.29, 0.717) is 41.4 Å². The number of hydrogen-bond donors (Lipinski definition) is 0. The van der Waals surface area contributed by atoms with Gasteiger partial charge in [-0.05, 0) is 103 Å². The molecule has 0 N–H and O–H groups in total. The Hall–Kier alpha value is -4.90. The molecular weight excluding hydrogens is 677 g/mol. The zero-order valence-electron chi connectivity index (χ0n) is 28.8. The number of hydrogen-bond acceptors (Lipinski definition) is 4. The second-order valence-corrected chi connectivity index (χ2v) is 13.4. The molecule has 0 aliphatic heterocycles. The number of pyridine rings is 2. The predicted octanol–water partition coefficient (Wildman–Crippen LogP) is 8.77. The second kappa shape index (κ2) is 16.2. The number of amides is 1. The minimum atomic E-state index is -4.42. The Balaban J connectivity index is 1.28. The van der Waals surface area contributed by atoms with Gasteiger partial charge in [-0.2, -0.15) is 13.2 Å². The summed E-state index contributed by atoms with van der Waals surface area (Å²) in [5, 5.41) is 0.347. The third-order valence-electron chi connectivity index (χ3n) is 10.1. The molecule has 1 saturated carbocycles. The molecule has 0 atom stereocenters. The molecule has 1 aliphatic rings. The van der Waals surface area contributed by atoms with Gasteiger partial charge < -0.3 is 14.2 Å². The Morgan fingerprint density at radius 1 is 0.904 bits per heavy atom. The second-order valence-electron chi connectivity index (χ2n) is 13.4. The predicted molar refractivity (Wildman–Crippen MR) is 189 cm³/mol. The summed E-state index contributed by atoms with van der Waals surface area (Å²) < 4.78 is 74.9. The number of fused-ring (bicyclic) bond motifs is 1. The first-order chi connectivity index (χ1) is 25.0. The van der Waals surface area contributed by atoms with Gasteiger partial charge in [0, 0.05) is 44.3 Å². The molecule has 11 heteroatoms. The van der Waals surface area contributed by atoms with Gasteiger partial charge in [0.1, 0.15) is 12.2 Å². The van der Waals surface area contributed by atoms with E-state index in [1.165, 1.54) is 30.3 Å². The smallest absolute Gasteiger partial charge is 0.385 e. The topological polar surface area (TPSA) is 64.4 Å². The van der Waals surface area contributed by atoms with Crippen LogP contribution in [0.2, 0.25) is 0 Å². The SMILES string of the molecule is COCCC1CCC(N(Cc2ccc(-c3ccc(C(F)(F)F)cc3)cc2)C(=O)Cn2c(CCc3cccc(F)c3F)cc(=O)c3cccnc32)CC1. The molecule has 6 rings (SSSR count). The summed E-state index contributed by atoms with van der Waals surface area (Å²) in [5.74, 6) is -1.58. The van der Waals surface area contributed by atoms with E-state index in [1.54, 1.807) is 30.0 Å². The molecule has 0 bridgehead atoms. The molecule has 6 nitrogen and oxygen atoms in total. The Morgan fingerprint density at radius 2 is 1.60 bits per heavy atom. The lowest BCUT2D eigenvalue weighted by Gasteiger charge is -2.37. The van der Waals surface area contributed by atoms with Crippen LogP contribution < -0.4 is 5.43 Å². The average Bonchev–Trinajstić information content (AvgIpc) is 3.15. The fourth-order valence-electron chi connectivity index (χ4n) is 7.16. The third-order valence-corrected chi connectivity index (χ3v) is 10.1. The molecule has 52 heavy (non-hydrogen) atoms. The van der Waals surface area contributed by atoms with E-state index >= 15 is 0 Å². The highest BCUT2D eigenvalue weighted by molar-refractivity contribution is 5.81. The fraction of sp³-hybridized carbons (Fsp3) is 0.341. The summed E-state index contributed by atoms with van der Waals surface area (Å²) in [4.78, 5) is 34.0. The Morgan fingerprint density at radius 3 is 2.27 bits per heavy atom. The lowest BCUT2D eigenvalue weighted by molar-refractivity contribution is -0.137. The van der Waals surface area contributed by atoms with Gasteiger partial charge >= 0.3 is 6.18 Å². The van der Waals surface area contributed by atoms with Gasteiger partial charge in [-0.15, -0.1) is 0 Å². The zero-order valence-corrected chi connectivity index (χ0v) is 28.8. The standard InChI is InChI=1S/C41H40F5N3O3/c1-52-23-21-27-9-18-33(19-10-27)48(25-28-7-11-29(12-8-28)30-13-16-32(17-14-30)41(44,45)46)38(51)26-49-34(20-15-31-4-2-6-36(42)39(31)43)24-37(50)35-5-3-22-47-40(35)49/h2-8,11-14,16-17,22,24,27,33H,9-10,15,18-21,23,25-26H2,1H3. The van der Waals surface area contributed by atoms with Crippen LogP contribution in [0.15, 0.2) is 95.9 Å². The van der Waals surface area contributed by atoms with E-state index in [9.17, 15) is 31.5 Å². The van der Waals surface area contributed by atoms with Gasteiger partial charge in [-0.25, -0.2) is 13.8 Å². The number of aromatic nitrogens is 2. The minimum absolute atomic E-state index is 0.0515. The van der Waals surface area contributed by atoms with Crippen molar-refractivity contribution in [3.05, 3.63) is 135 Å². The first-order valence-corrected chi connectivity index (χ1v) is 17.5. The first kappa shape index (κ1) is 36.9. The number of rotatable bonds is 12. The molecule has 1 aliphatic carbocycles. The van der Waals surface area contributed by atoms with Crippen LogP contribution in [0.4, 0.5) is 22.0 Å². The molecule has 1 amide bonds. The van der Waals surface area contributed by atoms with Gasteiger partial charge in [0.25, 0.3) is 0 Å². The molecule has 272 valence electrons. The largest absolute Gasteiger partial charge is 0.416 e. The number of carbonyl (C=O) groups is 1. The maximum absolute atomic E-state index is 14.6. The molecular formula is C41H40F5N3O3. The van der Waals surface area contributed by atoms with E-state index in [-0.39, 0.29) is 42.3 Å². The molecule has 0 unspecified atom stereocenters. The number of benzene rings is 3. The number of methoxy groups -OCH3 is 1. The number of halogens is 5. The van der Waals surface area contributed by atoms with Crippen LogP contribution in [0.3, 0.4) is 0 Å². The summed E-state index contributed by atoms with van der Waals surface area (Å²) in [7, 11) is 1.69. The highest BCUT2D eigenvalue weighted by Crippen LogP contribution is 2.33. The number of aryl methyl sites for hydroxylation is 2. The van der Waals surface area contributed by atoms with Crippen molar-refractivity contribution < 1.29 is 31.5 Å². The molecule has 1 fully saturated rings. The molecule has 2 heterocycles. The minimum Gasteiger partial charge on any atom is -0.385 e. The highest BCUT2D eigenvalue weighted by Gasteiger charge is 2.31. The number of alkyl halides is 3. The van der Waals surface area contributed by atoms with Gasteiger partial charge in [-0.1, -0.05) is 48.5 Å². The van der Waals surface area contributed by atoms with E-state index in [1.807, 2.05) is 29.2 Å². The van der Waals surface area contributed by atoms with Crippen molar-refractivity contribution in [1.82, 2.24) is 14.5 Å². The maximum atomic E-state index is 14.6. The third kappa shape index (κ3) is 8.58. The van der Waals surface area contributed by atoms with Crippen molar-refractivity contribution in [1.29, 1.82) is 0 Å². The number of nitrogens with zero attached hydrogens (tertiary/aromatic N) is 3. The van der Waals surface area contributed by atoms with Crippen LogP contribution in [-0.2, 0) is 41.6 Å². The van der Waals surface area contributed by atoms with Crippen LogP contribution >= 0.6 is 0 Å². The lowest BCUT2D eigenvalue weighted by atomic mass is 9.83. The molecule has 0 radical (unpaired) electrons. The van der Waals surface area contributed by atoms with Gasteiger partial charge in [0.2, 0.25) is 5.91 Å². The Kier molecular flexibility index (Phi) is 11.5. The normalized spacial score (nSPS) is 16.3. The van der Waals surface area contributed by atoms with E-state index in [4.69, 9.17) is 4.74 Å². The monoisotopic (exact) mass is 717 g/mol. The van der Waals surface area contributed by atoms with Crippen molar-refractivity contribution in [2.75, 3.05) is 13.7 Å². The zero-order chi connectivity index (χ0) is 36.8. The quantitative estimate of drug-likeness (QED) is 0.121. The van der Waals surface area contributed by atoms with E-state index in [0.717, 1.165) is 61.4 Å². The van der Waals surface area contributed by atoms with Gasteiger partial charge in [0.15, 0.2) is 17.1 Å². The van der Waals surface area contributed by atoms with Gasteiger partial charge in [-0.3, -0.25) is 9.59 Å². The number of ether oxygens (including phenoxy) is 1.